The third-order valence-corrected chi connectivity index (χ3v) is 5.64. The van der Waals surface area contributed by atoms with Gasteiger partial charge >= 0.3 is 5.97 Å². The van der Waals surface area contributed by atoms with Crippen LogP contribution in [0.4, 0.5) is 0 Å². The van der Waals surface area contributed by atoms with Gasteiger partial charge in [-0.1, -0.05) is 17.3 Å². The van der Waals surface area contributed by atoms with E-state index >= 15 is 0 Å². The monoisotopic (exact) mass is 437 g/mol. The second-order valence-corrected chi connectivity index (χ2v) is 8.09. The normalized spacial score (nSPS) is 13.1. The van der Waals surface area contributed by atoms with E-state index in [-0.39, 0.29) is 18.6 Å². The molecule has 0 unspecified atom stereocenters. The van der Waals surface area contributed by atoms with Crippen molar-refractivity contribution in [1.29, 1.82) is 0 Å². The summed E-state index contributed by atoms with van der Waals surface area (Å²) < 4.78 is 17.6. The quantitative estimate of drug-likeness (QED) is 0.499. The zero-order chi connectivity index (χ0) is 22.8. The Hall–Kier alpha value is -3.55. The molecule has 3 aromatic rings. The van der Waals surface area contributed by atoms with E-state index in [1.165, 1.54) is 0 Å². The molecule has 168 valence electrons. The number of carbonyl (C=O) groups excluding carboxylic acids is 2. The topological polar surface area (TPSA) is 86.8 Å². The van der Waals surface area contributed by atoms with Gasteiger partial charge in [-0.2, -0.15) is 0 Å². The summed E-state index contributed by atoms with van der Waals surface area (Å²) in [6, 6.07) is 11.4. The molecule has 0 radical (unpaired) electrons. The molecule has 1 fully saturated rings. The summed E-state index contributed by atoms with van der Waals surface area (Å²) in [5.74, 6) is 1.33. The highest BCUT2D eigenvalue weighted by Crippen LogP contribution is 2.29. The molecular weight excluding hydrogens is 410 g/mol. The lowest BCUT2D eigenvalue weighted by molar-refractivity contribution is -0.135. The molecule has 0 N–H and O–H groups in total. The van der Waals surface area contributed by atoms with Crippen LogP contribution in [-0.2, 0) is 16.1 Å². The molecule has 0 spiro atoms. The summed E-state index contributed by atoms with van der Waals surface area (Å²) in [6.45, 7) is 5.69. The number of hydrogen-bond acceptors (Lipinski definition) is 6. The van der Waals surface area contributed by atoms with Crippen molar-refractivity contribution in [2.75, 3.05) is 13.7 Å². The van der Waals surface area contributed by atoms with Crippen molar-refractivity contribution in [2.45, 2.75) is 46.2 Å². The fourth-order valence-electron chi connectivity index (χ4n) is 3.80. The minimum atomic E-state index is -0.530. The predicted molar refractivity (Wildman–Crippen MR) is 117 cm³/mol. The molecule has 8 nitrogen and oxygen atoms in total. The Morgan fingerprint density at radius 1 is 1.16 bits per heavy atom. The molecular formula is C24H27N3O5. The summed E-state index contributed by atoms with van der Waals surface area (Å²) >= 11 is 0. The van der Waals surface area contributed by atoms with Crippen LogP contribution in [0.15, 0.2) is 40.9 Å². The van der Waals surface area contributed by atoms with Crippen LogP contribution in [0.25, 0.3) is 5.82 Å². The number of hydrogen-bond donors (Lipinski definition) is 0. The Bertz CT molecular complexity index is 1130. The average molecular weight is 437 g/mol. The number of benzene rings is 1. The largest absolute Gasteiger partial charge is 0.497 e. The zero-order valence-corrected chi connectivity index (χ0v) is 18.8. The molecule has 0 bridgehead atoms. The molecule has 1 saturated carbocycles. The smallest absolute Gasteiger partial charge is 0.340 e. The maximum Gasteiger partial charge on any atom is 0.340 e. The third-order valence-electron chi connectivity index (χ3n) is 5.64. The second-order valence-electron chi connectivity index (χ2n) is 8.09. The van der Waals surface area contributed by atoms with Crippen LogP contribution in [0.3, 0.4) is 0 Å². The van der Waals surface area contributed by atoms with Gasteiger partial charge in [0.1, 0.15) is 11.5 Å². The molecule has 4 rings (SSSR count). The number of esters is 1. The number of aryl methyl sites for hydroxylation is 2. The first kappa shape index (κ1) is 21.7. The first-order chi connectivity index (χ1) is 15.4. The number of methoxy groups -OCH3 is 1. The molecule has 1 amide bonds. The van der Waals surface area contributed by atoms with Crippen LogP contribution in [0.5, 0.6) is 5.75 Å². The van der Waals surface area contributed by atoms with Gasteiger partial charge < -0.3 is 18.9 Å². The van der Waals surface area contributed by atoms with Crippen molar-refractivity contribution >= 4 is 11.9 Å². The lowest BCUT2D eigenvalue weighted by Crippen LogP contribution is -2.36. The molecule has 1 aromatic carbocycles. The van der Waals surface area contributed by atoms with Crippen LogP contribution in [0.2, 0.25) is 0 Å². The Morgan fingerprint density at radius 3 is 2.47 bits per heavy atom. The first-order valence-electron chi connectivity index (χ1n) is 10.6. The van der Waals surface area contributed by atoms with E-state index in [1.54, 1.807) is 24.1 Å². The van der Waals surface area contributed by atoms with Crippen molar-refractivity contribution in [3.63, 3.8) is 0 Å². The third kappa shape index (κ3) is 4.54. The van der Waals surface area contributed by atoms with Gasteiger partial charge in [-0.3, -0.25) is 9.36 Å². The highest BCUT2D eigenvalue weighted by atomic mass is 16.5. The van der Waals surface area contributed by atoms with Crippen molar-refractivity contribution in [3.8, 4) is 11.6 Å². The number of ether oxygens (including phenoxy) is 2. The summed E-state index contributed by atoms with van der Waals surface area (Å²) in [5, 5.41) is 4.02. The van der Waals surface area contributed by atoms with Crippen molar-refractivity contribution in [2.24, 2.45) is 0 Å². The Balaban J connectivity index is 1.42. The van der Waals surface area contributed by atoms with Crippen LogP contribution in [0, 0.1) is 20.8 Å². The van der Waals surface area contributed by atoms with Gasteiger partial charge in [0, 0.05) is 30.0 Å². The van der Waals surface area contributed by atoms with Gasteiger partial charge in [-0.05, 0) is 57.4 Å². The fraction of sp³-hybridized carbons (Fsp3) is 0.375. The number of amides is 1. The lowest BCUT2D eigenvalue weighted by Gasteiger charge is -2.22. The van der Waals surface area contributed by atoms with E-state index in [1.807, 2.05) is 49.6 Å². The summed E-state index contributed by atoms with van der Waals surface area (Å²) in [5.41, 5.74) is 2.92. The molecule has 1 aliphatic carbocycles. The fourth-order valence-corrected chi connectivity index (χ4v) is 3.80. The summed E-state index contributed by atoms with van der Waals surface area (Å²) in [6.07, 6.45) is 1.93. The van der Waals surface area contributed by atoms with Crippen LogP contribution < -0.4 is 4.74 Å². The molecule has 8 heteroatoms. The van der Waals surface area contributed by atoms with Gasteiger partial charge in [0.15, 0.2) is 12.4 Å². The Morgan fingerprint density at radius 2 is 1.88 bits per heavy atom. The summed E-state index contributed by atoms with van der Waals surface area (Å²) in [4.78, 5) is 27.4. The van der Waals surface area contributed by atoms with Gasteiger partial charge in [0.05, 0.1) is 12.7 Å². The standard InChI is InChI=1S/C24H27N3O5/c1-15-11-21(17(3)27(15)22-12-16(2)32-25-22)24(29)31-14-23(28)26(19-7-8-19)13-18-5-9-20(30-4)10-6-18/h5-6,9-12,19H,7-8,13-14H2,1-4H3. The van der Waals surface area contributed by atoms with E-state index in [4.69, 9.17) is 14.0 Å². The first-order valence-corrected chi connectivity index (χ1v) is 10.6. The summed E-state index contributed by atoms with van der Waals surface area (Å²) in [7, 11) is 1.62. The van der Waals surface area contributed by atoms with E-state index in [2.05, 4.69) is 5.16 Å². The number of nitrogens with zero attached hydrogens (tertiary/aromatic N) is 3. The highest BCUT2D eigenvalue weighted by Gasteiger charge is 2.33. The SMILES string of the molecule is COc1ccc(CN(C(=O)COC(=O)c2cc(C)n(-c3cc(C)on3)c2C)C2CC2)cc1. The van der Waals surface area contributed by atoms with E-state index < -0.39 is 5.97 Å². The van der Waals surface area contributed by atoms with Gasteiger partial charge in [-0.15, -0.1) is 0 Å². The maximum absolute atomic E-state index is 12.9. The molecule has 1 aliphatic rings. The zero-order valence-electron chi connectivity index (χ0n) is 18.8. The lowest BCUT2D eigenvalue weighted by atomic mass is 10.2. The van der Waals surface area contributed by atoms with E-state index in [0.717, 1.165) is 29.8 Å². The minimum absolute atomic E-state index is 0.197. The highest BCUT2D eigenvalue weighted by molar-refractivity contribution is 5.93. The van der Waals surface area contributed by atoms with E-state index in [0.29, 0.717) is 29.4 Å². The minimum Gasteiger partial charge on any atom is -0.497 e. The molecule has 0 atom stereocenters. The van der Waals surface area contributed by atoms with Crippen molar-refractivity contribution in [3.05, 3.63) is 64.7 Å². The van der Waals surface area contributed by atoms with Crippen LogP contribution in [0.1, 0.15) is 45.9 Å². The van der Waals surface area contributed by atoms with Crippen molar-refractivity contribution < 1.29 is 23.6 Å². The number of carbonyl (C=O) groups is 2. The molecule has 2 heterocycles. The number of rotatable bonds is 8. The van der Waals surface area contributed by atoms with Crippen LogP contribution in [-0.4, -0.2) is 46.3 Å². The molecule has 32 heavy (non-hydrogen) atoms. The number of aromatic nitrogens is 2. The average Bonchev–Trinajstić information content (AvgIpc) is 3.47. The molecule has 2 aromatic heterocycles. The van der Waals surface area contributed by atoms with Gasteiger partial charge in [-0.25, -0.2) is 4.79 Å². The Labute approximate surface area is 186 Å². The molecule has 0 aliphatic heterocycles. The van der Waals surface area contributed by atoms with E-state index in [9.17, 15) is 9.59 Å². The molecule has 0 saturated heterocycles. The van der Waals surface area contributed by atoms with Crippen LogP contribution >= 0.6 is 0 Å². The Kier molecular flexibility index (Phi) is 6.03. The van der Waals surface area contributed by atoms with Gasteiger partial charge in [0.25, 0.3) is 5.91 Å². The maximum atomic E-state index is 12.9. The predicted octanol–water partition coefficient (Wildman–Crippen LogP) is 3.75. The second kappa shape index (κ2) is 8.90. The van der Waals surface area contributed by atoms with Gasteiger partial charge in [0.2, 0.25) is 0 Å². The van der Waals surface area contributed by atoms with Crippen molar-refractivity contribution in [1.82, 2.24) is 14.6 Å².